The van der Waals surface area contributed by atoms with Crippen LogP contribution in [0.15, 0.2) is 39.5 Å². The van der Waals surface area contributed by atoms with Gasteiger partial charge < -0.3 is 24.5 Å². The van der Waals surface area contributed by atoms with Crippen molar-refractivity contribution >= 4 is 11.0 Å². The first-order valence-electron chi connectivity index (χ1n) is 8.71. The zero-order valence-corrected chi connectivity index (χ0v) is 15.4. The van der Waals surface area contributed by atoms with E-state index in [1.54, 1.807) is 24.3 Å². The lowest BCUT2D eigenvalue weighted by atomic mass is 9.99. The Bertz CT molecular complexity index is 1030. The molecule has 0 atom stereocenters. The molecular formula is C21H22O6. The van der Waals surface area contributed by atoms with Gasteiger partial charge in [0.2, 0.25) is 11.2 Å². The third kappa shape index (κ3) is 3.43. The lowest BCUT2D eigenvalue weighted by molar-refractivity contribution is 0.414. The predicted molar refractivity (Wildman–Crippen MR) is 103 cm³/mol. The van der Waals surface area contributed by atoms with Gasteiger partial charge in [0.15, 0.2) is 5.76 Å². The predicted octanol–water partition coefficient (Wildman–Crippen LogP) is 4.17. The number of rotatable bonds is 5. The molecule has 0 saturated carbocycles. The van der Waals surface area contributed by atoms with E-state index in [1.807, 2.05) is 13.8 Å². The summed E-state index contributed by atoms with van der Waals surface area (Å²) in [5, 5.41) is 30.7. The van der Waals surface area contributed by atoms with Gasteiger partial charge in [-0.3, -0.25) is 4.79 Å². The average Bonchev–Trinajstić information content (AvgIpc) is 2.63. The molecule has 3 aromatic rings. The summed E-state index contributed by atoms with van der Waals surface area (Å²) in [6, 6.07) is 7.77. The Morgan fingerprint density at radius 2 is 1.74 bits per heavy atom. The van der Waals surface area contributed by atoms with Crippen molar-refractivity contribution in [3.8, 4) is 34.3 Å². The highest BCUT2D eigenvalue weighted by molar-refractivity contribution is 5.91. The topological polar surface area (TPSA) is 100 Å². The van der Waals surface area contributed by atoms with Gasteiger partial charge in [0.1, 0.15) is 28.2 Å². The number of fused-ring (bicyclic) bond motifs is 1. The van der Waals surface area contributed by atoms with Crippen molar-refractivity contribution in [1.82, 2.24) is 0 Å². The molecule has 0 spiro atoms. The Hall–Kier alpha value is -3.15. The fourth-order valence-electron chi connectivity index (χ4n) is 2.99. The second kappa shape index (κ2) is 7.23. The summed E-state index contributed by atoms with van der Waals surface area (Å²) in [6.07, 6.45) is 1.23. The van der Waals surface area contributed by atoms with Crippen molar-refractivity contribution < 1.29 is 24.5 Å². The number of hydrogen-bond acceptors (Lipinski definition) is 6. The van der Waals surface area contributed by atoms with Gasteiger partial charge in [-0.05, 0) is 43.0 Å². The summed E-state index contributed by atoms with van der Waals surface area (Å²) in [4.78, 5) is 12.7. The quantitative estimate of drug-likeness (QED) is 0.623. The molecule has 0 aliphatic heterocycles. The fraction of sp³-hybridized carbons (Fsp3) is 0.286. The van der Waals surface area contributed by atoms with Crippen LogP contribution in [0.4, 0.5) is 0 Å². The number of phenols is 2. The zero-order valence-electron chi connectivity index (χ0n) is 15.4. The van der Waals surface area contributed by atoms with Crippen LogP contribution >= 0.6 is 0 Å². The lowest BCUT2D eigenvalue weighted by Gasteiger charge is -2.13. The van der Waals surface area contributed by atoms with E-state index in [0.29, 0.717) is 29.2 Å². The summed E-state index contributed by atoms with van der Waals surface area (Å²) in [6.45, 7) is 4.09. The molecule has 1 aromatic heterocycles. The van der Waals surface area contributed by atoms with E-state index < -0.39 is 16.9 Å². The van der Waals surface area contributed by atoms with Crippen LogP contribution < -0.4 is 10.2 Å². The van der Waals surface area contributed by atoms with E-state index >= 15 is 0 Å². The van der Waals surface area contributed by atoms with Crippen LogP contribution in [0.1, 0.15) is 25.8 Å². The number of aromatic hydroxyl groups is 3. The molecule has 0 aliphatic carbocycles. The zero-order chi connectivity index (χ0) is 19.7. The smallest absolute Gasteiger partial charge is 0.238 e. The lowest BCUT2D eigenvalue weighted by Crippen LogP contribution is -2.05. The maximum absolute atomic E-state index is 12.7. The Labute approximate surface area is 156 Å². The largest absolute Gasteiger partial charge is 0.507 e. The van der Waals surface area contributed by atoms with Crippen LogP contribution in [0.3, 0.4) is 0 Å². The van der Waals surface area contributed by atoms with E-state index in [2.05, 4.69) is 0 Å². The van der Waals surface area contributed by atoms with E-state index in [4.69, 9.17) is 9.15 Å². The molecular weight excluding hydrogens is 348 g/mol. The van der Waals surface area contributed by atoms with Crippen LogP contribution in [-0.4, -0.2) is 22.4 Å². The fourth-order valence-corrected chi connectivity index (χ4v) is 2.99. The minimum atomic E-state index is -0.745. The van der Waals surface area contributed by atoms with Gasteiger partial charge in [0.25, 0.3) is 0 Å². The maximum atomic E-state index is 12.7. The second-order valence-corrected chi connectivity index (χ2v) is 6.87. The van der Waals surface area contributed by atoms with Crippen molar-refractivity contribution in [2.24, 2.45) is 5.92 Å². The van der Waals surface area contributed by atoms with E-state index in [0.717, 1.165) is 12.5 Å². The molecule has 0 amide bonds. The first-order valence-corrected chi connectivity index (χ1v) is 8.71. The monoisotopic (exact) mass is 370 g/mol. The van der Waals surface area contributed by atoms with E-state index in [9.17, 15) is 20.1 Å². The molecule has 142 valence electrons. The number of methoxy groups -OCH3 is 1. The van der Waals surface area contributed by atoms with Crippen molar-refractivity contribution in [2.45, 2.75) is 26.7 Å². The molecule has 3 rings (SSSR count). The highest BCUT2D eigenvalue weighted by Crippen LogP contribution is 2.39. The van der Waals surface area contributed by atoms with E-state index in [1.165, 1.54) is 7.11 Å². The van der Waals surface area contributed by atoms with Gasteiger partial charge in [0.05, 0.1) is 7.11 Å². The molecule has 2 aromatic carbocycles. The van der Waals surface area contributed by atoms with Gasteiger partial charge in [-0.2, -0.15) is 0 Å². The average molecular weight is 370 g/mol. The minimum Gasteiger partial charge on any atom is -0.507 e. The van der Waals surface area contributed by atoms with Crippen LogP contribution in [0.5, 0.6) is 23.0 Å². The highest BCUT2D eigenvalue weighted by Gasteiger charge is 2.22. The summed E-state index contributed by atoms with van der Waals surface area (Å²) >= 11 is 0. The Morgan fingerprint density at radius 3 is 2.33 bits per heavy atom. The molecule has 3 N–H and O–H groups in total. The molecule has 0 unspecified atom stereocenters. The Morgan fingerprint density at radius 1 is 1.07 bits per heavy atom. The standard InChI is InChI=1S/C21H22O6/c1-11(2)4-9-14-15(22)10-16(23)17-18(24)19(25)20(27-21(14)17)12-5-7-13(26-3)8-6-12/h5-8,10-11,22-23,25H,4,9H2,1-3H3. The number of ether oxygens (including phenoxy) is 1. The molecule has 6 heteroatoms. The maximum Gasteiger partial charge on any atom is 0.238 e. The van der Waals surface area contributed by atoms with Gasteiger partial charge in [-0.1, -0.05) is 13.8 Å². The van der Waals surface area contributed by atoms with Crippen molar-refractivity contribution in [3.05, 3.63) is 46.1 Å². The summed E-state index contributed by atoms with van der Waals surface area (Å²) in [5.41, 5.74) is 0.250. The molecule has 0 radical (unpaired) electrons. The summed E-state index contributed by atoms with van der Waals surface area (Å²) < 4.78 is 11.0. The Kier molecular flexibility index (Phi) is 4.99. The molecule has 0 fully saturated rings. The number of aryl methyl sites for hydroxylation is 1. The first-order chi connectivity index (χ1) is 12.8. The molecule has 27 heavy (non-hydrogen) atoms. The van der Waals surface area contributed by atoms with Gasteiger partial charge in [0, 0.05) is 17.2 Å². The van der Waals surface area contributed by atoms with Gasteiger partial charge in [-0.15, -0.1) is 0 Å². The van der Waals surface area contributed by atoms with Crippen LogP contribution in [0, 0.1) is 5.92 Å². The third-order valence-electron chi connectivity index (χ3n) is 4.53. The molecule has 0 bridgehead atoms. The molecule has 6 nitrogen and oxygen atoms in total. The molecule has 1 heterocycles. The summed E-state index contributed by atoms with van der Waals surface area (Å²) in [5.74, 6) is -0.196. The molecule has 0 saturated heterocycles. The van der Waals surface area contributed by atoms with Crippen LogP contribution in [-0.2, 0) is 6.42 Å². The minimum absolute atomic E-state index is 0.0223. The second-order valence-electron chi connectivity index (χ2n) is 6.87. The molecule has 0 aliphatic rings. The first kappa shape index (κ1) is 18.6. The highest BCUT2D eigenvalue weighted by atomic mass is 16.5. The van der Waals surface area contributed by atoms with Crippen molar-refractivity contribution in [1.29, 1.82) is 0 Å². The summed E-state index contributed by atoms with van der Waals surface area (Å²) in [7, 11) is 1.54. The number of hydrogen-bond donors (Lipinski definition) is 3. The number of phenolic OH excluding ortho intramolecular Hbond substituents is 2. The number of benzene rings is 2. The normalized spacial score (nSPS) is 11.3. The Balaban J connectivity index is 2.28. The van der Waals surface area contributed by atoms with Crippen molar-refractivity contribution in [3.63, 3.8) is 0 Å². The van der Waals surface area contributed by atoms with Crippen molar-refractivity contribution in [2.75, 3.05) is 7.11 Å². The third-order valence-corrected chi connectivity index (χ3v) is 4.53. The van der Waals surface area contributed by atoms with Gasteiger partial charge >= 0.3 is 0 Å². The van der Waals surface area contributed by atoms with Gasteiger partial charge in [-0.25, -0.2) is 0 Å². The van der Waals surface area contributed by atoms with E-state index in [-0.39, 0.29) is 22.5 Å². The van der Waals surface area contributed by atoms with Crippen LogP contribution in [0.25, 0.3) is 22.3 Å². The van der Waals surface area contributed by atoms with Crippen LogP contribution in [0.2, 0.25) is 0 Å². The SMILES string of the molecule is COc1ccc(-c2oc3c(CCC(C)C)c(O)cc(O)c3c(=O)c2O)cc1.